The van der Waals surface area contributed by atoms with E-state index < -0.39 is 33.8 Å². The molecule has 0 spiro atoms. The minimum absolute atomic E-state index is 0.00648. The van der Waals surface area contributed by atoms with Crippen LogP contribution in [-0.4, -0.2) is 39.5 Å². The predicted octanol–water partition coefficient (Wildman–Crippen LogP) is 1.85. The first-order chi connectivity index (χ1) is 14.1. The van der Waals surface area contributed by atoms with Gasteiger partial charge in [-0.15, -0.1) is 0 Å². The number of nitrogens with two attached hydrogens (primary N) is 1. The van der Waals surface area contributed by atoms with Gasteiger partial charge in [0.25, 0.3) is 5.91 Å². The molecule has 1 amide bonds. The smallest absolute Gasteiger partial charge is 0.329 e. The Morgan fingerprint density at radius 2 is 1.70 bits per heavy atom. The highest BCUT2D eigenvalue weighted by Gasteiger charge is 2.27. The first-order valence-electron chi connectivity index (χ1n) is 9.07. The summed E-state index contributed by atoms with van der Waals surface area (Å²) >= 11 is 0. The van der Waals surface area contributed by atoms with E-state index in [0.29, 0.717) is 5.75 Å². The van der Waals surface area contributed by atoms with Gasteiger partial charge < -0.3 is 14.8 Å². The summed E-state index contributed by atoms with van der Waals surface area (Å²) in [7, 11) is -3.79. The Hall–Kier alpha value is -2.98. The van der Waals surface area contributed by atoms with Gasteiger partial charge in [0, 0.05) is 0 Å². The summed E-state index contributed by atoms with van der Waals surface area (Å²) in [4.78, 5) is 24.5. The Morgan fingerprint density at radius 1 is 1.07 bits per heavy atom. The third kappa shape index (κ3) is 6.53. The monoisotopic (exact) mass is 438 g/mol. The fourth-order valence-corrected chi connectivity index (χ4v) is 2.99. The van der Waals surface area contributed by atoms with Crippen LogP contribution in [0.4, 0.5) is 4.39 Å². The van der Waals surface area contributed by atoms with Crippen LogP contribution >= 0.6 is 0 Å². The van der Waals surface area contributed by atoms with Crippen molar-refractivity contribution in [1.29, 1.82) is 0 Å². The van der Waals surface area contributed by atoms with Crippen molar-refractivity contribution in [2.45, 2.75) is 24.8 Å². The quantitative estimate of drug-likeness (QED) is 0.455. The molecule has 0 unspecified atom stereocenters. The third-order valence-corrected chi connectivity index (χ3v) is 5.00. The van der Waals surface area contributed by atoms with Crippen LogP contribution in [0.5, 0.6) is 5.75 Å². The maximum atomic E-state index is 13.8. The number of amides is 1. The Balaban J connectivity index is 1.87. The molecule has 0 fully saturated rings. The minimum atomic E-state index is -3.79. The lowest BCUT2D eigenvalue weighted by atomic mass is 10.0. The van der Waals surface area contributed by atoms with Gasteiger partial charge in [0.2, 0.25) is 10.0 Å². The van der Waals surface area contributed by atoms with E-state index in [4.69, 9.17) is 14.6 Å². The standard InChI is InChI=1S/C20H23FN2O6S/c1-13(2)18(23-19(24)16-5-3-4-6-17(16)21)20(25)29-12-11-28-14-7-9-15(10-8-14)30(22,26)27/h3-10,13,18H,11-12H2,1-2H3,(H,23,24)(H2,22,26,27)/t18-/m0/s1. The van der Waals surface area contributed by atoms with Crippen molar-refractivity contribution >= 4 is 21.9 Å². The number of primary sulfonamides is 1. The maximum absolute atomic E-state index is 13.8. The Labute approximate surface area is 174 Å². The molecule has 0 aliphatic heterocycles. The minimum Gasteiger partial charge on any atom is -0.490 e. The number of benzene rings is 2. The van der Waals surface area contributed by atoms with Gasteiger partial charge in [0.05, 0.1) is 10.5 Å². The third-order valence-electron chi connectivity index (χ3n) is 4.07. The van der Waals surface area contributed by atoms with Crippen molar-refractivity contribution in [3.8, 4) is 5.75 Å². The first-order valence-corrected chi connectivity index (χ1v) is 10.6. The zero-order valence-electron chi connectivity index (χ0n) is 16.5. The molecule has 0 aliphatic carbocycles. The highest BCUT2D eigenvalue weighted by Crippen LogP contribution is 2.15. The molecule has 8 nitrogen and oxygen atoms in total. The highest BCUT2D eigenvalue weighted by molar-refractivity contribution is 7.89. The van der Waals surface area contributed by atoms with Crippen LogP contribution in [0.3, 0.4) is 0 Å². The van der Waals surface area contributed by atoms with Crippen LogP contribution in [0.2, 0.25) is 0 Å². The summed E-state index contributed by atoms with van der Waals surface area (Å²) in [6, 6.07) is 9.93. The number of rotatable bonds is 9. The Kier molecular flexibility index (Phi) is 7.90. The molecule has 10 heteroatoms. The molecule has 30 heavy (non-hydrogen) atoms. The maximum Gasteiger partial charge on any atom is 0.329 e. The van der Waals surface area contributed by atoms with Gasteiger partial charge in [0.15, 0.2) is 0 Å². The van der Waals surface area contributed by atoms with Gasteiger partial charge in [0.1, 0.15) is 30.8 Å². The molecule has 2 rings (SSSR count). The zero-order valence-corrected chi connectivity index (χ0v) is 17.3. The molecule has 0 bridgehead atoms. The average Bonchev–Trinajstić information content (AvgIpc) is 2.69. The summed E-state index contributed by atoms with van der Waals surface area (Å²) in [5.41, 5.74) is -0.165. The fourth-order valence-electron chi connectivity index (χ4n) is 2.48. The van der Waals surface area contributed by atoms with Gasteiger partial charge in [-0.1, -0.05) is 26.0 Å². The Morgan fingerprint density at radius 3 is 2.27 bits per heavy atom. The number of nitrogens with one attached hydrogen (secondary N) is 1. The van der Waals surface area contributed by atoms with Crippen molar-refractivity contribution in [2.24, 2.45) is 11.1 Å². The molecule has 0 heterocycles. The number of sulfonamides is 1. The van der Waals surface area contributed by atoms with Crippen LogP contribution in [0, 0.1) is 11.7 Å². The molecule has 0 saturated carbocycles. The number of carbonyl (C=O) groups excluding carboxylic acids is 2. The molecule has 1 atom stereocenters. The molecule has 2 aromatic rings. The average molecular weight is 438 g/mol. The number of hydrogen-bond acceptors (Lipinski definition) is 6. The molecular weight excluding hydrogens is 415 g/mol. The number of ether oxygens (including phenoxy) is 2. The number of hydrogen-bond donors (Lipinski definition) is 2. The van der Waals surface area contributed by atoms with Crippen molar-refractivity contribution in [3.05, 3.63) is 59.9 Å². The van der Waals surface area contributed by atoms with E-state index in [1.165, 1.54) is 42.5 Å². The lowest BCUT2D eigenvalue weighted by Crippen LogP contribution is -2.45. The van der Waals surface area contributed by atoms with Crippen molar-refractivity contribution in [3.63, 3.8) is 0 Å². The summed E-state index contributed by atoms with van der Waals surface area (Å²) < 4.78 is 46.7. The lowest BCUT2D eigenvalue weighted by Gasteiger charge is -2.21. The van der Waals surface area contributed by atoms with Gasteiger partial charge in [-0.2, -0.15) is 0 Å². The van der Waals surface area contributed by atoms with Crippen LogP contribution in [0.25, 0.3) is 0 Å². The normalized spacial score (nSPS) is 12.3. The SMILES string of the molecule is CC(C)[C@H](NC(=O)c1ccccc1F)C(=O)OCCOc1ccc(S(N)(=O)=O)cc1. The van der Waals surface area contributed by atoms with E-state index in [2.05, 4.69) is 5.32 Å². The van der Waals surface area contributed by atoms with Crippen LogP contribution in [0.15, 0.2) is 53.4 Å². The molecular formula is C20H23FN2O6S. The topological polar surface area (TPSA) is 125 Å². The second kappa shape index (κ2) is 10.2. The molecule has 162 valence electrons. The van der Waals surface area contributed by atoms with Crippen molar-refractivity contribution in [2.75, 3.05) is 13.2 Å². The van der Waals surface area contributed by atoms with Gasteiger partial charge in [-0.3, -0.25) is 4.79 Å². The van der Waals surface area contributed by atoms with E-state index in [1.807, 2.05) is 0 Å². The summed E-state index contributed by atoms with van der Waals surface area (Å²) in [6.45, 7) is 3.34. The Bertz CT molecular complexity index is 993. The van der Waals surface area contributed by atoms with E-state index >= 15 is 0 Å². The molecule has 0 radical (unpaired) electrons. The number of halogens is 1. The van der Waals surface area contributed by atoms with Crippen LogP contribution in [-0.2, 0) is 19.6 Å². The highest BCUT2D eigenvalue weighted by atomic mass is 32.2. The molecule has 2 aromatic carbocycles. The zero-order chi connectivity index (χ0) is 22.3. The molecule has 0 saturated heterocycles. The largest absolute Gasteiger partial charge is 0.490 e. The van der Waals surface area contributed by atoms with E-state index in [9.17, 15) is 22.4 Å². The van der Waals surface area contributed by atoms with E-state index in [-0.39, 0.29) is 29.6 Å². The predicted molar refractivity (Wildman–Crippen MR) is 107 cm³/mol. The fraction of sp³-hybridized carbons (Fsp3) is 0.300. The van der Waals surface area contributed by atoms with Gasteiger partial charge >= 0.3 is 5.97 Å². The lowest BCUT2D eigenvalue weighted by molar-refractivity contribution is -0.147. The summed E-state index contributed by atoms with van der Waals surface area (Å²) in [5, 5.41) is 7.51. The van der Waals surface area contributed by atoms with Crippen molar-refractivity contribution in [1.82, 2.24) is 5.32 Å². The number of esters is 1. The summed E-state index contributed by atoms with van der Waals surface area (Å²) in [5.74, 6) is -2.00. The van der Waals surface area contributed by atoms with Gasteiger partial charge in [-0.05, 0) is 42.3 Å². The summed E-state index contributed by atoms with van der Waals surface area (Å²) in [6.07, 6.45) is 0. The number of carbonyl (C=O) groups is 2. The van der Waals surface area contributed by atoms with Gasteiger partial charge in [-0.25, -0.2) is 22.7 Å². The second-order valence-electron chi connectivity index (χ2n) is 6.71. The van der Waals surface area contributed by atoms with E-state index in [1.54, 1.807) is 13.8 Å². The molecule has 3 N–H and O–H groups in total. The molecule has 0 aliphatic rings. The first kappa shape index (κ1) is 23.3. The van der Waals surface area contributed by atoms with Crippen LogP contribution < -0.4 is 15.2 Å². The molecule has 0 aromatic heterocycles. The second-order valence-corrected chi connectivity index (χ2v) is 8.27. The van der Waals surface area contributed by atoms with Crippen molar-refractivity contribution < 1.29 is 31.9 Å². The van der Waals surface area contributed by atoms with Crippen LogP contribution in [0.1, 0.15) is 24.2 Å². The van der Waals surface area contributed by atoms with E-state index in [0.717, 1.165) is 6.07 Å².